The summed E-state index contributed by atoms with van der Waals surface area (Å²) in [4.78, 5) is 53.9. The van der Waals surface area contributed by atoms with Crippen LogP contribution in [0, 0.1) is 52.6 Å². The minimum Gasteiger partial charge on any atom is -0.412 e. The molecule has 10 N–H and O–H groups in total. The van der Waals surface area contributed by atoms with Crippen molar-refractivity contribution in [1.82, 2.24) is 9.80 Å². The molecule has 0 unspecified atom stereocenters. The number of nitrogens with zero attached hydrogens (tertiary/aromatic N) is 2. The predicted molar refractivity (Wildman–Crippen MR) is 385 cm³/mol. The first-order valence-electron chi connectivity index (χ1n) is 29.4. The van der Waals surface area contributed by atoms with E-state index in [0.717, 1.165) is 55.8 Å². The first-order valence-corrected chi connectivity index (χ1v) is 33.7. The summed E-state index contributed by atoms with van der Waals surface area (Å²) in [5.74, 6) is -0.991. The lowest BCUT2D eigenvalue weighted by Crippen LogP contribution is -2.34. The van der Waals surface area contributed by atoms with E-state index in [1.54, 1.807) is 97.5 Å². The van der Waals surface area contributed by atoms with Gasteiger partial charge in [0.2, 0.25) is 0 Å². The first-order chi connectivity index (χ1) is 44.7. The largest absolute Gasteiger partial charge is 0.412 e. The van der Waals surface area contributed by atoms with Gasteiger partial charge in [-0.05, 0) is 176 Å². The molecule has 0 aliphatic carbocycles. The van der Waals surface area contributed by atoms with E-state index >= 15 is 0 Å². The van der Waals surface area contributed by atoms with Gasteiger partial charge in [-0.2, -0.15) is 0 Å². The van der Waals surface area contributed by atoms with Gasteiger partial charge in [0.05, 0.1) is 43.6 Å². The van der Waals surface area contributed by atoms with Crippen molar-refractivity contribution in [2.75, 3.05) is 50.6 Å². The van der Waals surface area contributed by atoms with Crippen molar-refractivity contribution in [2.24, 2.45) is 5.73 Å². The van der Waals surface area contributed by atoms with Gasteiger partial charge in [0, 0.05) is 45.4 Å². The number of benzene rings is 8. The smallest absolute Gasteiger partial charge is 0.261 e. The van der Waals surface area contributed by atoms with Crippen LogP contribution in [0.15, 0.2) is 191 Å². The fourth-order valence-electron chi connectivity index (χ4n) is 9.88. The Kier molecular flexibility index (Phi) is 35.3. The summed E-state index contributed by atoms with van der Waals surface area (Å²) in [6, 6.07) is 54.0. The number of aliphatic hydroxyl groups excluding tert-OH is 2. The molecular formula is C74H89N5O13S3. The molecule has 0 spiro atoms. The number of sulfone groups is 2. The lowest BCUT2D eigenvalue weighted by Gasteiger charge is -2.14. The number of thioether (sulfide) groups is 1. The molecule has 4 amide bonds. The number of hydrogen-bond acceptors (Lipinski definition) is 16. The molecular weight excluding hydrogens is 1260 g/mol. The second-order valence-corrected chi connectivity index (χ2v) is 26.2. The fraction of sp³-hybridized carbons (Fsp3) is 0.216. The van der Waals surface area contributed by atoms with Crippen molar-refractivity contribution < 1.29 is 63.6 Å². The third kappa shape index (κ3) is 22.8. The topological polar surface area (TPSA) is 329 Å². The van der Waals surface area contributed by atoms with Gasteiger partial charge in [-0.3, -0.25) is 39.5 Å². The highest BCUT2D eigenvalue weighted by atomic mass is 32.2. The number of hydrogen-bond donors (Lipinski definition) is 7. The highest BCUT2D eigenvalue weighted by Crippen LogP contribution is 2.28. The Bertz CT molecular complexity index is 4070. The quantitative estimate of drug-likeness (QED) is 0.0111. The molecule has 8 aromatic rings. The van der Waals surface area contributed by atoms with Crippen LogP contribution in [-0.2, 0) is 19.7 Å². The average Bonchev–Trinajstić information content (AvgIpc) is 1.64. The van der Waals surface area contributed by atoms with Crippen LogP contribution in [0.1, 0.15) is 124 Å². The van der Waals surface area contributed by atoms with E-state index in [2.05, 4.69) is 88.4 Å². The lowest BCUT2D eigenvalue weighted by atomic mass is 10.0. The van der Waals surface area contributed by atoms with Gasteiger partial charge in [0.15, 0.2) is 19.7 Å². The Morgan fingerprint density at radius 3 is 1.06 bits per heavy atom. The van der Waals surface area contributed by atoms with E-state index in [0.29, 0.717) is 39.4 Å². The Labute approximate surface area is 564 Å². The number of fused-ring (bicyclic) bond motifs is 2. The van der Waals surface area contributed by atoms with Crippen LogP contribution in [0.25, 0.3) is 36.5 Å². The molecule has 2 aliphatic rings. The minimum absolute atomic E-state index is 0. The number of aryl methyl sites for hydroxylation is 6. The molecule has 0 fully saturated rings. The average molecular weight is 1350 g/mol. The summed E-state index contributed by atoms with van der Waals surface area (Å²) < 4.78 is 50.0. The van der Waals surface area contributed by atoms with Crippen molar-refractivity contribution in [3.63, 3.8) is 0 Å². The fourth-order valence-corrected chi connectivity index (χ4v) is 13.2. The number of imide groups is 2. The maximum Gasteiger partial charge on any atom is 0.261 e. The molecule has 10 rings (SSSR count). The SMILES string of the molecule is C.CCO.CO.Cc1cccc(C)c1/C=C/c1cccc(S(=O)(=O)CCN)c1.Cc1cccc(C)c1/C=C/c1cccc(S(=O)(=O)CCN2C(=O)c3ccccc3C2=O)c1.Cc1cccc(C)c1/C=C/c1cccc(SCCN2C(=O)c3ccccc3C2=O)c1.N=N.O.OO.[HH]. The van der Waals surface area contributed by atoms with Crippen molar-refractivity contribution in [3.8, 4) is 0 Å². The Balaban J connectivity index is 0.000000677. The number of aliphatic hydroxyl groups is 2. The minimum atomic E-state index is -3.68. The molecule has 0 saturated heterocycles. The second-order valence-electron chi connectivity index (χ2n) is 20.8. The first kappa shape index (κ1) is 82.0. The zero-order valence-corrected chi connectivity index (χ0v) is 56.4. The number of amides is 4. The van der Waals surface area contributed by atoms with E-state index in [4.69, 9.17) is 37.5 Å². The Morgan fingerprint density at radius 1 is 0.453 bits per heavy atom. The molecule has 506 valence electrons. The number of rotatable bonds is 17. The summed E-state index contributed by atoms with van der Waals surface area (Å²) in [5.41, 5.74) is 30.5. The van der Waals surface area contributed by atoms with Gasteiger partial charge >= 0.3 is 0 Å². The predicted octanol–water partition coefficient (Wildman–Crippen LogP) is 13.9. The molecule has 2 aliphatic heterocycles. The molecule has 18 nitrogen and oxygen atoms in total. The summed E-state index contributed by atoms with van der Waals surface area (Å²) >= 11 is 1.65. The Hall–Kier alpha value is -9.13. The monoisotopic (exact) mass is 1350 g/mol. The van der Waals surface area contributed by atoms with Crippen LogP contribution < -0.4 is 5.73 Å². The van der Waals surface area contributed by atoms with Gasteiger partial charge in [0.25, 0.3) is 23.6 Å². The number of nitrogens with one attached hydrogen (secondary N) is 2. The molecule has 0 saturated carbocycles. The van der Waals surface area contributed by atoms with E-state index in [9.17, 15) is 36.0 Å². The van der Waals surface area contributed by atoms with Crippen molar-refractivity contribution in [1.29, 1.82) is 11.1 Å². The van der Waals surface area contributed by atoms with Gasteiger partial charge in [-0.1, -0.05) is 159 Å². The Morgan fingerprint density at radius 2 is 0.737 bits per heavy atom. The summed E-state index contributed by atoms with van der Waals surface area (Å²) in [7, 11) is -5.97. The number of nitrogens with two attached hydrogens (primary N) is 1. The van der Waals surface area contributed by atoms with Crippen LogP contribution in [0.4, 0.5) is 0 Å². The molecule has 2 heterocycles. The zero-order chi connectivity index (χ0) is 68.8. The van der Waals surface area contributed by atoms with Crippen molar-refractivity contribution in [3.05, 3.63) is 265 Å². The highest BCUT2D eigenvalue weighted by Gasteiger charge is 2.36. The molecule has 95 heavy (non-hydrogen) atoms. The molecule has 0 radical (unpaired) electrons. The molecule has 8 aromatic carbocycles. The van der Waals surface area contributed by atoms with Crippen LogP contribution in [0.3, 0.4) is 0 Å². The van der Waals surface area contributed by atoms with Gasteiger partial charge in [-0.15, -0.1) is 11.8 Å². The summed E-state index contributed by atoms with van der Waals surface area (Å²) in [5, 5.41) is 26.6. The van der Waals surface area contributed by atoms with Crippen LogP contribution in [-0.4, -0.2) is 127 Å². The summed E-state index contributed by atoms with van der Waals surface area (Å²) in [6.07, 6.45) is 12.1. The molecule has 0 atom stereocenters. The molecule has 0 aromatic heterocycles. The standard InChI is InChI=1S/C26H23NO4S.C26H23NO2S.C18H21NO2S.C2H6O.CH4O.CH4.H2N2.H2O2.H2O.H2/c1-18-7-5-8-19(2)22(18)14-13-20-9-6-10-21(17-20)32(30,31)16-15-27-25(28)23-11-3-4-12-24(23)26(27)29;1-18-7-5-8-19(2)22(18)14-13-20-9-6-10-21(17-20)30-16-15-27-25(28)23-11-3-4-12-24(23)26(27)29;1-14-5-3-6-15(2)18(14)10-9-16-7-4-8-17(13-16)22(20,21)12-11-19;1-2-3;1-2;;2*1-2;;/h3-14,17H,15-16H2,1-2H3;3-14,17H,15-16H2,1-2H3;3-10,13H,11-12,19H2,1-2H3;3H,2H2,1H3;2H,1H3;1H4;2*1-2H;1H2;1H/b2*14-13+;10-9+;;;;;;;. The number of carbonyl (C=O) groups excluding carboxylic acids is 4. The molecule has 0 bridgehead atoms. The highest BCUT2D eigenvalue weighted by molar-refractivity contribution is 7.99. The van der Waals surface area contributed by atoms with E-state index < -0.39 is 31.5 Å². The third-order valence-electron chi connectivity index (χ3n) is 14.6. The van der Waals surface area contributed by atoms with Gasteiger partial charge < -0.3 is 21.4 Å². The van der Waals surface area contributed by atoms with Crippen molar-refractivity contribution in [2.45, 2.75) is 70.6 Å². The van der Waals surface area contributed by atoms with Gasteiger partial charge in [-0.25, -0.2) is 27.9 Å². The second kappa shape index (κ2) is 40.9. The van der Waals surface area contributed by atoms with Gasteiger partial charge in [0.1, 0.15) is 0 Å². The van der Waals surface area contributed by atoms with Crippen LogP contribution in [0.5, 0.6) is 0 Å². The molecule has 21 heteroatoms. The van der Waals surface area contributed by atoms with E-state index in [1.807, 2.05) is 80.6 Å². The zero-order valence-electron chi connectivity index (χ0n) is 53.9. The third-order valence-corrected chi connectivity index (χ3v) is 19.0. The maximum absolute atomic E-state index is 12.9. The van der Waals surface area contributed by atoms with E-state index in [-0.39, 0.29) is 62.2 Å². The summed E-state index contributed by atoms with van der Waals surface area (Å²) in [6.45, 7) is 14.7. The van der Waals surface area contributed by atoms with Crippen molar-refractivity contribution >= 4 is 91.5 Å². The lowest BCUT2D eigenvalue weighted by molar-refractivity contribution is -0.176. The van der Waals surface area contributed by atoms with E-state index in [1.165, 1.54) is 38.8 Å². The van der Waals surface area contributed by atoms with Crippen LogP contribution >= 0.6 is 11.8 Å². The van der Waals surface area contributed by atoms with Crippen LogP contribution in [0.2, 0.25) is 0 Å². The number of carbonyl (C=O) groups is 4. The normalized spacial score (nSPS) is 12.0. The maximum atomic E-state index is 12.9.